The quantitative estimate of drug-likeness (QED) is 0.632. The van der Waals surface area contributed by atoms with Crippen LogP contribution >= 0.6 is 0 Å². The smallest absolute Gasteiger partial charge is 0.172 e. The first-order chi connectivity index (χ1) is 12.6. The fourth-order valence-electron chi connectivity index (χ4n) is 2.97. The second kappa shape index (κ2) is 7.95. The molecule has 0 atom stereocenters. The van der Waals surface area contributed by atoms with Crippen LogP contribution in [0.4, 0.5) is 0 Å². The number of carbonyl (C=O) groups is 2. The Labute approximate surface area is 161 Å². The van der Waals surface area contributed by atoms with Gasteiger partial charge in [0.2, 0.25) is 0 Å². The summed E-state index contributed by atoms with van der Waals surface area (Å²) in [5, 5.41) is 0. The summed E-state index contributed by atoms with van der Waals surface area (Å²) in [6.45, 7) is 10.5. The van der Waals surface area contributed by atoms with Crippen molar-refractivity contribution in [1.82, 2.24) is 0 Å². The van der Waals surface area contributed by atoms with Crippen molar-refractivity contribution in [3.63, 3.8) is 0 Å². The molecule has 0 radical (unpaired) electrons. The number of hydrogen-bond acceptors (Lipinski definition) is 4. The Balaban J connectivity index is 2.70. The molecule has 0 saturated heterocycles. The molecule has 2 rings (SSSR count). The third-order valence-corrected chi connectivity index (χ3v) is 4.89. The highest BCUT2D eigenvalue weighted by Gasteiger charge is 2.29. The summed E-state index contributed by atoms with van der Waals surface area (Å²) >= 11 is 0. The average Bonchev–Trinajstić information content (AvgIpc) is 2.61. The van der Waals surface area contributed by atoms with Crippen LogP contribution in [0.1, 0.15) is 56.1 Å². The lowest BCUT2D eigenvalue weighted by molar-refractivity contribution is -0.129. The Hall–Kier alpha value is -2.62. The summed E-state index contributed by atoms with van der Waals surface area (Å²) < 4.78 is 11.8. The first-order valence-electron chi connectivity index (χ1n) is 9.14. The van der Waals surface area contributed by atoms with E-state index in [-0.39, 0.29) is 11.6 Å². The fourth-order valence-corrected chi connectivity index (χ4v) is 2.97. The first kappa shape index (κ1) is 20.7. The number of carbonyl (C=O) groups excluding carboxylic acids is 2. The van der Waals surface area contributed by atoms with Crippen molar-refractivity contribution in [3.05, 3.63) is 47.0 Å². The molecule has 4 heteroatoms. The minimum Gasteiger partial charge on any atom is -0.493 e. The van der Waals surface area contributed by atoms with Crippen LogP contribution in [0.5, 0.6) is 11.5 Å². The van der Waals surface area contributed by atoms with Crippen molar-refractivity contribution in [3.8, 4) is 22.6 Å². The topological polar surface area (TPSA) is 52.6 Å². The normalized spacial score (nSPS) is 11.2. The van der Waals surface area contributed by atoms with Gasteiger partial charge in [0.15, 0.2) is 28.7 Å². The van der Waals surface area contributed by atoms with Gasteiger partial charge in [0.05, 0.1) is 7.11 Å². The van der Waals surface area contributed by atoms with Crippen LogP contribution in [0.3, 0.4) is 0 Å². The average molecular weight is 368 g/mol. The molecule has 2 aromatic carbocycles. The van der Waals surface area contributed by atoms with Crippen LogP contribution in [-0.2, 0) is 11.2 Å². The molecule has 0 aliphatic heterocycles. The van der Waals surface area contributed by atoms with Gasteiger partial charge >= 0.3 is 0 Å². The fraction of sp³-hybridized carbons (Fsp3) is 0.391. The maximum Gasteiger partial charge on any atom is 0.172 e. The van der Waals surface area contributed by atoms with Gasteiger partial charge in [-0.15, -0.1) is 0 Å². The Morgan fingerprint density at radius 1 is 1.04 bits per heavy atom. The molecule has 0 fully saturated rings. The standard InChI is InChI=1S/C23H28O4/c1-8-17-13-18(10-12-19(17)15(3)24)20-11-9-14(2)21(26-7)22(20)27-23(5,6)16(4)25/h9-13H,8H2,1-7H3. The molecule has 0 saturated carbocycles. The van der Waals surface area contributed by atoms with Gasteiger partial charge in [-0.05, 0) is 57.7 Å². The van der Waals surface area contributed by atoms with Crippen LogP contribution in [0.15, 0.2) is 30.3 Å². The Morgan fingerprint density at radius 3 is 2.22 bits per heavy atom. The van der Waals surface area contributed by atoms with Crippen molar-refractivity contribution in [2.45, 2.75) is 53.6 Å². The van der Waals surface area contributed by atoms with Gasteiger partial charge in [-0.2, -0.15) is 0 Å². The molecule has 0 aliphatic rings. The molecule has 0 aromatic heterocycles. The SMILES string of the molecule is CCc1cc(-c2ccc(C)c(OC)c2OC(C)(C)C(C)=O)ccc1C(C)=O. The summed E-state index contributed by atoms with van der Waals surface area (Å²) in [4.78, 5) is 23.9. The van der Waals surface area contributed by atoms with Gasteiger partial charge in [-0.3, -0.25) is 9.59 Å². The number of aryl methyl sites for hydroxylation is 2. The van der Waals surface area contributed by atoms with E-state index < -0.39 is 5.60 Å². The van der Waals surface area contributed by atoms with E-state index in [9.17, 15) is 9.59 Å². The van der Waals surface area contributed by atoms with E-state index in [2.05, 4.69) is 0 Å². The van der Waals surface area contributed by atoms with Gasteiger partial charge < -0.3 is 9.47 Å². The van der Waals surface area contributed by atoms with Gasteiger partial charge in [-0.25, -0.2) is 0 Å². The molecule has 0 heterocycles. The van der Waals surface area contributed by atoms with E-state index in [0.717, 1.165) is 34.2 Å². The van der Waals surface area contributed by atoms with Crippen LogP contribution in [0.25, 0.3) is 11.1 Å². The molecule has 144 valence electrons. The van der Waals surface area contributed by atoms with E-state index in [1.807, 2.05) is 44.2 Å². The van der Waals surface area contributed by atoms with Crippen molar-refractivity contribution in [1.29, 1.82) is 0 Å². The summed E-state index contributed by atoms with van der Waals surface area (Å²) in [7, 11) is 1.59. The largest absolute Gasteiger partial charge is 0.493 e. The van der Waals surface area contributed by atoms with Gasteiger partial charge in [0.1, 0.15) is 0 Å². The van der Waals surface area contributed by atoms with Crippen LogP contribution < -0.4 is 9.47 Å². The van der Waals surface area contributed by atoms with Crippen LogP contribution in [0, 0.1) is 6.92 Å². The minimum absolute atomic E-state index is 0.0501. The molecular weight excluding hydrogens is 340 g/mol. The second-order valence-electron chi connectivity index (χ2n) is 7.24. The highest BCUT2D eigenvalue weighted by molar-refractivity contribution is 5.96. The second-order valence-corrected chi connectivity index (χ2v) is 7.24. The molecule has 0 unspecified atom stereocenters. The molecule has 0 N–H and O–H groups in total. The van der Waals surface area contributed by atoms with Crippen molar-refractivity contribution in [2.75, 3.05) is 7.11 Å². The van der Waals surface area contributed by atoms with Crippen LogP contribution in [0.2, 0.25) is 0 Å². The van der Waals surface area contributed by atoms with Gasteiger partial charge in [-0.1, -0.05) is 37.3 Å². The summed E-state index contributed by atoms with van der Waals surface area (Å²) in [6.07, 6.45) is 0.751. The minimum atomic E-state index is -0.983. The summed E-state index contributed by atoms with van der Waals surface area (Å²) in [5.74, 6) is 1.12. The lowest BCUT2D eigenvalue weighted by Gasteiger charge is -2.27. The van der Waals surface area contributed by atoms with Crippen molar-refractivity contribution >= 4 is 11.6 Å². The zero-order valence-corrected chi connectivity index (χ0v) is 17.2. The zero-order chi connectivity index (χ0) is 20.4. The van der Waals surface area contributed by atoms with E-state index >= 15 is 0 Å². The van der Waals surface area contributed by atoms with Crippen molar-refractivity contribution < 1.29 is 19.1 Å². The summed E-state index contributed by atoms with van der Waals surface area (Å²) in [6, 6.07) is 9.70. The molecule has 0 bridgehead atoms. The number of ether oxygens (including phenoxy) is 2. The third kappa shape index (κ3) is 4.21. The number of Topliss-reactive ketones (excluding diaryl/α,β-unsaturated/α-hetero) is 2. The van der Waals surface area contributed by atoms with Crippen molar-refractivity contribution in [2.24, 2.45) is 0 Å². The number of benzene rings is 2. The highest BCUT2D eigenvalue weighted by Crippen LogP contribution is 2.42. The highest BCUT2D eigenvalue weighted by atomic mass is 16.5. The monoisotopic (exact) mass is 368 g/mol. The number of ketones is 2. The molecule has 2 aromatic rings. The number of rotatable bonds is 7. The predicted octanol–water partition coefficient (Wildman–Crippen LogP) is 5.18. The van der Waals surface area contributed by atoms with Crippen LogP contribution in [-0.4, -0.2) is 24.3 Å². The molecule has 0 amide bonds. The molecule has 27 heavy (non-hydrogen) atoms. The lowest BCUT2D eigenvalue weighted by atomic mass is 9.94. The lowest BCUT2D eigenvalue weighted by Crippen LogP contribution is -2.36. The van der Waals surface area contributed by atoms with E-state index in [0.29, 0.717) is 11.5 Å². The van der Waals surface area contributed by atoms with E-state index in [4.69, 9.17) is 9.47 Å². The van der Waals surface area contributed by atoms with E-state index in [1.165, 1.54) is 6.92 Å². The zero-order valence-electron chi connectivity index (χ0n) is 17.2. The van der Waals surface area contributed by atoms with Gasteiger partial charge in [0, 0.05) is 11.1 Å². The first-order valence-corrected chi connectivity index (χ1v) is 9.14. The maximum atomic E-state index is 12.0. The Bertz CT molecular complexity index is 878. The maximum absolute atomic E-state index is 12.0. The molecular formula is C23H28O4. The Morgan fingerprint density at radius 2 is 1.70 bits per heavy atom. The molecule has 0 aliphatic carbocycles. The van der Waals surface area contributed by atoms with E-state index in [1.54, 1.807) is 27.9 Å². The Kier molecular flexibility index (Phi) is 6.09. The summed E-state index contributed by atoms with van der Waals surface area (Å²) in [5.41, 5.74) is 3.40. The molecule has 0 spiro atoms. The third-order valence-electron chi connectivity index (χ3n) is 4.89. The number of hydrogen-bond donors (Lipinski definition) is 0. The number of methoxy groups -OCH3 is 1. The van der Waals surface area contributed by atoms with Gasteiger partial charge in [0.25, 0.3) is 0 Å². The molecule has 4 nitrogen and oxygen atoms in total. The predicted molar refractivity (Wildman–Crippen MR) is 108 cm³/mol.